The molecule has 0 fully saturated rings. The Labute approximate surface area is 101 Å². The SMILES string of the molecule is CNC(c1ccc(F)cc1)C(C)(C)CC(=O)O. The summed E-state index contributed by atoms with van der Waals surface area (Å²) in [6.45, 7) is 3.76. The minimum absolute atomic E-state index is 0.0515. The van der Waals surface area contributed by atoms with E-state index in [1.807, 2.05) is 13.8 Å². The van der Waals surface area contributed by atoms with Crippen molar-refractivity contribution >= 4 is 5.97 Å². The van der Waals surface area contributed by atoms with Crippen LogP contribution in [0.4, 0.5) is 4.39 Å². The van der Waals surface area contributed by atoms with Crippen LogP contribution in [0.5, 0.6) is 0 Å². The van der Waals surface area contributed by atoms with Crippen LogP contribution >= 0.6 is 0 Å². The first-order valence-electron chi connectivity index (χ1n) is 5.51. The summed E-state index contributed by atoms with van der Waals surface area (Å²) in [5.41, 5.74) is 0.443. The molecule has 0 spiro atoms. The predicted molar refractivity (Wildman–Crippen MR) is 64.2 cm³/mol. The van der Waals surface area contributed by atoms with Crippen molar-refractivity contribution in [3.63, 3.8) is 0 Å². The van der Waals surface area contributed by atoms with Gasteiger partial charge in [-0.05, 0) is 30.2 Å². The van der Waals surface area contributed by atoms with E-state index < -0.39 is 11.4 Å². The first-order valence-corrected chi connectivity index (χ1v) is 5.51. The smallest absolute Gasteiger partial charge is 0.303 e. The zero-order chi connectivity index (χ0) is 13.1. The molecule has 1 aromatic rings. The highest BCUT2D eigenvalue weighted by atomic mass is 19.1. The van der Waals surface area contributed by atoms with Crippen LogP contribution in [0.25, 0.3) is 0 Å². The van der Waals surface area contributed by atoms with E-state index in [9.17, 15) is 9.18 Å². The van der Waals surface area contributed by atoms with Gasteiger partial charge in [0.15, 0.2) is 0 Å². The summed E-state index contributed by atoms with van der Waals surface area (Å²) in [5.74, 6) is -1.13. The monoisotopic (exact) mass is 239 g/mol. The number of halogens is 1. The number of carboxylic acid groups (broad SMARTS) is 1. The van der Waals surface area contributed by atoms with E-state index in [2.05, 4.69) is 5.32 Å². The normalized spacial score (nSPS) is 13.4. The highest BCUT2D eigenvalue weighted by molar-refractivity contribution is 5.67. The van der Waals surface area contributed by atoms with Crippen molar-refractivity contribution in [1.29, 1.82) is 0 Å². The second-order valence-corrected chi connectivity index (χ2v) is 4.83. The highest BCUT2D eigenvalue weighted by Crippen LogP contribution is 2.36. The predicted octanol–water partition coefficient (Wildman–Crippen LogP) is 2.59. The summed E-state index contributed by atoms with van der Waals surface area (Å²) < 4.78 is 12.8. The molecule has 1 atom stereocenters. The number of hydrogen-bond donors (Lipinski definition) is 2. The molecule has 0 aliphatic carbocycles. The van der Waals surface area contributed by atoms with Gasteiger partial charge in [0, 0.05) is 6.04 Å². The molecule has 0 amide bonds. The molecule has 1 unspecified atom stereocenters. The fraction of sp³-hybridized carbons (Fsp3) is 0.462. The maximum Gasteiger partial charge on any atom is 0.303 e. The largest absolute Gasteiger partial charge is 0.481 e. The van der Waals surface area contributed by atoms with Gasteiger partial charge in [0.05, 0.1) is 6.42 Å². The van der Waals surface area contributed by atoms with Crippen molar-refractivity contribution in [2.45, 2.75) is 26.3 Å². The summed E-state index contributed by atoms with van der Waals surface area (Å²) in [6.07, 6.45) is 0.0515. The molecule has 0 saturated carbocycles. The zero-order valence-corrected chi connectivity index (χ0v) is 10.3. The van der Waals surface area contributed by atoms with Crippen LogP contribution in [0, 0.1) is 11.2 Å². The first kappa shape index (κ1) is 13.6. The van der Waals surface area contributed by atoms with Crippen molar-refractivity contribution in [3.8, 4) is 0 Å². The quantitative estimate of drug-likeness (QED) is 0.830. The van der Waals surface area contributed by atoms with E-state index in [0.29, 0.717) is 0 Å². The highest BCUT2D eigenvalue weighted by Gasteiger charge is 2.31. The van der Waals surface area contributed by atoms with Crippen LogP contribution in [0.15, 0.2) is 24.3 Å². The van der Waals surface area contributed by atoms with Gasteiger partial charge in [0.25, 0.3) is 0 Å². The summed E-state index contributed by atoms with van der Waals surface area (Å²) in [5, 5.41) is 12.0. The van der Waals surface area contributed by atoms with E-state index in [-0.39, 0.29) is 18.3 Å². The Bertz CT molecular complexity index is 387. The van der Waals surface area contributed by atoms with Gasteiger partial charge in [0.2, 0.25) is 0 Å². The molecule has 94 valence electrons. The lowest BCUT2D eigenvalue weighted by atomic mass is 9.78. The molecule has 3 nitrogen and oxygen atoms in total. The minimum Gasteiger partial charge on any atom is -0.481 e. The van der Waals surface area contributed by atoms with E-state index in [0.717, 1.165) is 5.56 Å². The molecule has 0 bridgehead atoms. The maximum absolute atomic E-state index is 12.8. The lowest BCUT2D eigenvalue weighted by Crippen LogP contribution is -2.33. The van der Waals surface area contributed by atoms with Gasteiger partial charge in [-0.15, -0.1) is 0 Å². The molecule has 2 N–H and O–H groups in total. The van der Waals surface area contributed by atoms with Crippen LogP contribution in [0.3, 0.4) is 0 Å². The molecule has 1 aromatic carbocycles. The summed E-state index contributed by atoms with van der Waals surface area (Å²) in [4.78, 5) is 10.8. The second-order valence-electron chi connectivity index (χ2n) is 4.83. The topological polar surface area (TPSA) is 49.3 Å². The third-order valence-corrected chi connectivity index (χ3v) is 2.88. The van der Waals surface area contributed by atoms with Gasteiger partial charge in [-0.1, -0.05) is 26.0 Å². The molecule has 0 aromatic heterocycles. The maximum atomic E-state index is 12.8. The fourth-order valence-corrected chi connectivity index (χ4v) is 2.16. The van der Waals surface area contributed by atoms with Gasteiger partial charge in [0.1, 0.15) is 5.82 Å². The van der Waals surface area contributed by atoms with Gasteiger partial charge < -0.3 is 10.4 Å². The summed E-state index contributed by atoms with van der Waals surface area (Å²) in [7, 11) is 1.78. The Morgan fingerprint density at radius 1 is 1.41 bits per heavy atom. The van der Waals surface area contributed by atoms with Gasteiger partial charge >= 0.3 is 5.97 Å². The van der Waals surface area contributed by atoms with Crippen LogP contribution in [-0.2, 0) is 4.79 Å². The molecular formula is C13H18FNO2. The van der Waals surface area contributed by atoms with E-state index in [1.54, 1.807) is 19.2 Å². The zero-order valence-electron chi connectivity index (χ0n) is 10.3. The van der Waals surface area contributed by atoms with Gasteiger partial charge in [-0.3, -0.25) is 4.79 Å². The number of nitrogens with one attached hydrogen (secondary N) is 1. The Morgan fingerprint density at radius 2 is 1.94 bits per heavy atom. The second kappa shape index (κ2) is 5.27. The first-order chi connectivity index (χ1) is 7.86. The number of carbonyl (C=O) groups is 1. The van der Waals surface area contributed by atoms with Gasteiger partial charge in [-0.25, -0.2) is 4.39 Å². The Kier molecular flexibility index (Phi) is 4.23. The lowest BCUT2D eigenvalue weighted by molar-refractivity contribution is -0.139. The molecule has 0 aliphatic heterocycles. The number of carboxylic acids is 1. The van der Waals surface area contributed by atoms with Crippen molar-refractivity contribution in [1.82, 2.24) is 5.32 Å². The third kappa shape index (κ3) is 3.53. The van der Waals surface area contributed by atoms with Crippen molar-refractivity contribution < 1.29 is 14.3 Å². The third-order valence-electron chi connectivity index (χ3n) is 2.88. The number of aliphatic carboxylic acids is 1. The molecule has 4 heteroatoms. The molecule has 17 heavy (non-hydrogen) atoms. The van der Waals surface area contributed by atoms with Crippen molar-refractivity contribution in [3.05, 3.63) is 35.6 Å². The average Bonchev–Trinajstić information content (AvgIpc) is 2.19. The Morgan fingerprint density at radius 3 is 2.35 bits per heavy atom. The Hall–Kier alpha value is -1.42. The Balaban J connectivity index is 2.98. The van der Waals surface area contributed by atoms with Crippen molar-refractivity contribution in [2.75, 3.05) is 7.05 Å². The standard InChI is InChI=1S/C13H18FNO2/c1-13(2,8-11(16)17)12(15-3)9-4-6-10(14)7-5-9/h4-7,12,15H,8H2,1-3H3,(H,16,17). The average molecular weight is 239 g/mol. The molecule has 0 aliphatic rings. The van der Waals surface area contributed by atoms with Crippen LogP contribution < -0.4 is 5.32 Å². The summed E-state index contributed by atoms with van der Waals surface area (Å²) >= 11 is 0. The molecule has 0 radical (unpaired) electrons. The molecular weight excluding hydrogens is 221 g/mol. The number of benzene rings is 1. The molecule has 1 rings (SSSR count). The van der Waals surface area contributed by atoms with Crippen LogP contribution in [0.1, 0.15) is 31.9 Å². The minimum atomic E-state index is -0.836. The molecule has 0 heterocycles. The summed E-state index contributed by atoms with van der Waals surface area (Å²) in [6, 6.07) is 6.01. The lowest BCUT2D eigenvalue weighted by Gasteiger charge is -2.33. The number of rotatable bonds is 5. The van der Waals surface area contributed by atoms with Crippen LogP contribution in [-0.4, -0.2) is 18.1 Å². The van der Waals surface area contributed by atoms with Gasteiger partial charge in [-0.2, -0.15) is 0 Å². The van der Waals surface area contributed by atoms with E-state index in [4.69, 9.17) is 5.11 Å². The van der Waals surface area contributed by atoms with E-state index >= 15 is 0 Å². The fourth-order valence-electron chi connectivity index (χ4n) is 2.16. The molecule has 0 saturated heterocycles. The van der Waals surface area contributed by atoms with Crippen molar-refractivity contribution in [2.24, 2.45) is 5.41 Å². The number of hydrogen-bond acceptors (Lipinski definition) is 2. The van der Waals surface area contributed by atoms with E-state index in [1.165, 1.54) is 12.1 Å². The van der Waals surface area contributed by atoms with Crippen LogP contribution in [0.2, 0.25) is 0 Å².